The number of esters is 1. The molecule has 0 unspecified atom stereocenters. The monoisotopic (exact) mass is 357 g/mol. The molecule has 1 aliphatic rings. The normalized spacial score (nSPS) is 14.0. The second kappa shape index (κ2) is 7.97. The summed E-state index contributed by atoms with van der Waals surface area (Å²) in [4.78, 5) is 22.8. The minimum atomic E-state index is -0.488. The van der Waals surface area contributed by atoms with E-state index in [0.29, 0.717) is 16.9 Å². The third-order valence-corrected chi connectivity index (χ3v) is 4.21. The zero-order chi connectivity index (χ0) is 18.5. The topological polar surface area (TPSA) is 87.9 Å². The standard InChI is InChI=1S/C19H19NO6/c1-13(14-5-3-2-4-6-14)7-18(21)25-11-16-9-17(20(22)23)8-15-10-24-12-26-19(15)16/h2-6,8-9,13H,7,10-12H2,1H3/t13-/m1/s1. The summed E-state index contributed by atoms with van der Waals surface area (Å²) in [6.07, 6.45) is 0.227. The fraction of sp³-hybridized carbons (Fsp3) is 0.316. The number of benzene rings is 2. The summed E-state index contributed by atoms with van der Waals surface area (Å²) in [5, 5.41) is 11.1. The highest BCUT2D eigenvalue weighted by atomic mass is 16.7. The number of non-ortho nitro benzene ring substituents is 1. The molecule has 0 N–H and O–H groups in total. The lowest BCUT2D eigenvalue weighted by Gasteiger charge is -2.20. The van der Waals surface area contributed by atoms with Crippen LogP contribution in [-0.2, 0) is 27.5 Å². The van der Waals surface area contributed by atoms with E-state index in [1.807, 2.05) is 37.3 Å². The molecule has 1 heterocycles. The molecule has 0 aliphatic carbocycles. The summed E-state index contributed by atoms with van der Waals surface area (Å²) in [7, 11) is 0. The van der Waals surface area contributed by atoms with Gasteiger partial charge in [-0.3, -0.25) is 14.9 Å². The van der Waals surface area contributed by atoms with Crippen molar-refractivity contribution in [2.45, 2.75) is 32.5 Å². The van der Waals surface area contributed by atoms with E-state index in [0.717, 1.165) is 5.56 Å². The maximum Gasteiger partial charge on any atom is 0.306 e. The lowest BCUT2D eigenvalue weighted by molar-refractivity contribution is -0.385. The van der Waals surface area contributed by atoms with E-state index < -0.39 is 4.92 Å². The Kier molecular flexibility index (Phi) is 5.48. The second-order valence-electron chi connectivity index (χ2n) is 6.14. The molecule has 0 amide bonds. The highest BCUT2D eigenvalue weighted by molar-refractivity contribution is 5.70. The van der Waals surface area contributed by atoms with Gasteiger partial charge in [0, 0.05) is 23.3 Å². The Morgan fingerprint density at radius 2 is 2.08 bits per heavy atom. The predicted octanol–water partition coefficient (Wildman–Crippen LogP) is 3.70. The number of ether oxygens (including phenoxy) is 3. The largest absolute Gasteiger partial charge is 0.467 e. The maximum atomic E-state index is 12.2. The zero-order valence-electron chi connectivity index (χ0n) is 14.3. The predicted molar refractivity (Wildman–Crippen MR) is 92.7 cm³/mol. The summed E-state index contributed by atoms with van der Waals surface area (Å²) in [6.45, 7) is 2.16. The van der Waals surface area contributed by atoms with Crippen LogP contribution in [0.25, 0.3) is 0 Å². The highest BCUT2D eigenvalue weighted by Crippen LogP contribution is 2.33. The minimum Gasteiger partial charge on any atom is -0.467 e. The fourth-order valence-electron chi connectivity index (χ4n) is 2.86. The molecule has 0 spiro atoms. The molecule has 0 fully saturated rings. The number of carbonyl (C=O) groups is 1. The van der Waals surface area contributed by atoms with Gasteiger partial charge in [-0.2, -0.15) is 0 Å². The molecule has 1 aliphatic heterocycles. The van der Waals surface area contributed by atoms with Crippen molar-refractivity contribution in [1.82, 2.24) is 0 Å². The van der Waals surface area contributed by atoms with Crippen LogP contribution < -0.4 is 4.74 Å². The Labute approximate surface area is 150 Å². The number of nitrogens with zero attached hydrogens (tertiary/aromatic N) is 1. The van der Waals surface area contributed by atoms with Crippen molar-refractivity contribution in [3.8, 4) is 5.75 Å². The zero-order valence-corrected chi connectivity index (χ0v) is 14.3. The van der Waals surface area contributed by atoms with E-state index in [4.69, 9.17) is 14.2 Å². The molecule has 0 saturated heterocycles. The first-order chi connectivity index (χ1) is 12.5. The molecule has 0 bridgehead atoms. The fourth-order valence-corrected chi connectivity index (χ4v) is 2.86. The molecule has 136 valence electrons. The SMILES string of the molecule is C[C@H](CC(=O)OCc1cc([N+](=O)[O-])cc2c1OCOC2)c1ccccc1. The Balaban J connectivity index is 1.68. The van der Waals surface area contributed by atoms with Crippen LogP contribution in [-0.4, -0.2) is 17.7 Å². The molecule has 7 nitrogen and oxygen atoms in total. The number of hydrogen-bond acceptors (Lipinski definition) is 6. The van der Waals surface area contributed by atoms with Crippen LogP contribution in [0, 0.1) is 10.1 Å². The van der Waals surface area contributed by atoms with Crippen molar-refractivity contribution >= 4 is 11.7 Å². The van der Waals surface area contributed by atoms with Crippen LogP contribution >= 0.6 is 0 Å². The van der Waals surface area contributed by atoms with Gasteiger partial charge in [0.25, 0.3) is 5.69 Å². The van der Waals surface area contributed by atoms with Crippen LogP contribution in [0.2, 0.25) is 0 Å². The van der Waals surface area contributed by atoms with E-state index in [1.165, 1.54) is 12.1 Å². The molecule has 2 aromatic carbocycles. The lowest BCUT2D eigenvalue weighted by Crippen LogP contribution is -2.15. The summed E-state index contributed by atoms with van der Waals surface area (Å²) >= 11 is 0. The van der Waals surface area contributed by atoms with E-state index in [-0.39, 0.29) is 44.0 Å². The van der Waals surface area contributed by atoms with Gasteiger partial charge in [0.05, 0.1) is 18.0 Å². The van der Waals surface area contributed by atoms with Crippen LogP contribution in [0.4, 0.5) is 5.69 Å². The maximum absolute atomic E-state index is 12.2. The Bertz CT molecular complexity index is 805. The Morgan fingerprint density at radius 1 is 1.31 bits per heavy atom. The van der Waals surface area contributed by atoms with Crippen molar-refractivity contribution in [3.63, 3.8) is 0 Å². The molecule has 1 atom stereocenters. The molecule has 26 heavy (non-hydrogen) atoms. The van der Waals surface area contributed by atoms with Gasteiger partial charge in [0.15, 0.2) is 6.79 Å². The van der Waals surface area contributed by atoms with Crippen molar-refractivity contribution in [2.75, 3.05) is 6.79 Å². The molecule has 3 rings (SSSR count). The van der Waals surface area contributed by atoms with E-state index in [9.17, 15) is 14.9 Å². The van der Waals surface area contributed by atoms with Gasteiger partial charge >= 0.3 is 5.97 Å². The van der Waals surface area contributed by atoms with Crippen LogP contribution in [0.1, 0.15) is 36.0 Å². The summed E-state index contributed by atoms with van der Waals surface area (Å²) in [5.74, 6) is 0.145. The highest BCUT2D eigenvalue weighted by Gasteiger charge is 2.22. The molecular formula is C19H19NO6. The van der Waals surface area contributed by atoms with Crippen molar-refractivity contribution < 1.29 is 23.9 Å². The van der Waals surface area contributed by atoms with Gasteiger partial charge in [0.2, 0.25) is 0 Å². The van der Waals surface area contributed by atoms with Gasteiger partial charge < -0.3 is 14.2 Å². The minimum absolute atomic E-state index is 0.0207. The van der Waals surface area contributed by atoms with Gasteiger partial charge in [-0.15, -0.1) is 0 Å². The van der Waals surface area contributed by atoms with Crippen LogP contribution in [0.5, 0.6) is 5.75 Å². The first-order valence-corrected chi connectivity index (χ1v) is 8.26. The van der Waals surface area contributed by atoms with Gasteiger partial charge in [-0.1, -0.05) is 37.3 Å². The quantitative estimate of drug-likeness (QED) is 0.445. The average Bonchev–Trinajstić information content (AvgIpc) is 2.66. The molecule has 2 aromatic rings. The van der Waals surface area contributed by atoms with Crippen LogP contribution in [0.3, 0.4) is 0 Å². The number of rotatable bonds is 6. The number of hydrogen-bond donors (Lipinski definition) is 0. The third-order valence-electron chi connectivity index (χ3n) is 4.21. The van der Waals surface area contributed by atoms with Gasteiger partial charge in [-0.25, -0.2) is 0 Å². The number of fused-ring (bicyclic) bond motifs is 1. The smallest absolute Gasteiger partial charge is 0.306 e. The van der Waals surface area contributed by atoms with E-state index in [1.54, 1.807) is 0 Å². The van der Waals surface area contributed by atoms with E-state index >= 15 is 0 Å². The Morgan fingerprint density at radius 3 is 2.81 bits per heavy atom. The molecular weight excluding hydrogens is 338 g/mol. The molecule has 7 heteroatoms. The average molecular weight is 357 g/mol. The number of carbonyl (C=O) groups excluding carboxylic acids is 1. The van der Waals surface area contributed by atoms with E-state index in [2.05, 4.69) is 0 Å². The van der Waals surface area contributed by atoms with Gasteiger partial charge in [0.1, 0.15) is 12.4 Å². The summed E-state index contributed by atoms with van der Waals surface area (Å²) in [5.41, 5.74) is 2.02. The Hall–Kier alpha value is -2.93. The molecule has 0 radical (unpaired) electrons. The summed E-state index contributed by atoms with van der Waals surface area (Å²) in [6, 6.07) is 12.5. The van der Waals surface area contributed by atoms with Gasteiger partial charge in [-0.05, 0) is 11.5 Å². The summed E-state index contributed by atoms with van der Waals surface area (Å²) < 4.78 is 15.9. The number of nitro benzene ring substituents is 1. The first-order valence-electron chi connectivity index (χ1n) is 8.26. The second-order valence-corrected chi connectivity index (χ2v) is 6.14. The first kappa shape index (κ1) is 17.9. The van der Waals surface area contributed by atoms with Crippen molar-refractivity contribution in [3.05, 3.63) is 69.3 Å². The molecule has 0 saturated carbocycles. The third kappa shape index (κ3) is 4.18. The van der Waals surface area contributed by atoms with Crippen molar-refractivity contribution in [2.24, 2.45) is 0 Å². The molecule has 0 aromatic heterocycles. The number of nitro groups is 1. The van der Waals surface area contributed by atoms with Crippen LogP contribution in [0.15, 0.2) is 42.5 Å². The van der Waals surface area contributed by atoms with Crippen molar-refractivity contribution in [1.29, 1.82) is 0 Å². The lowest BCUT2D eigenvalue weighted by atomic mass is 9.98.